The quantitative estimate of drug-likeness (QED) is 0.892. The average molecular weight is 252 g/mol. The zero-order valence-electron chi connectivity index (χ0n) is 10.4. The van der Waals surface area contributed by atoms with Crippen molar-refractivity contribution < 1.29 is 0 Å². The van der Waals surface area contributed by atoms with Crippen molar-refractivity contribution in [3.63, 3.8) is 0 Å². The molecule has 0 fully saturated rings. The van der Waals surface area contributed by atoms with E-state index in [4.69, 9.17) is 5.73 Å². The topological polar surface area (TPSA) is 43.8 Å². The minimum atomic E-state index is 0. The van der Waals surface area contributed by atoms with E-state index in [9.17, 15) is 0 Å². The van der Waals surface area contributed by atoms with Crippen molar-refractivity contribution in [3.05, 3.63) is 46.8 Å². The Bertz CT molecular complexity index is 517. The third kappa shape index (κ3) is 2.80. The number of hydrogen-bond donors (Lipinski definition) is 1. The molecular formula is C13H18ClN3. The molecule has 92 valence electrons. The second kappa shape index (κ2) is 5.23. The van der Waals surface area contributed by atoms with Crippen LogP contribution in [0.15, 0.2) is 24.3 Å². The van der Waals surface area contributed by atoms with Crippen LogP contribution in [0.1, 0.15) is 22.5 Å². The van der Waals surface area contributed by atoms with Gasteiger partial charge in [-0.1, -0.05) is 29.8 Å². The number of hydrogen-bond acceptors (Lipinski definition) is 2. The van der Waals surface area contributed by atoms with Gasteiger partial charge in [-0.3, -0.25) is 4.68 Å². The molecule has 0 bridgehead atoms. The molecule has 17 heavy (non-hydrogen) atoms. The maximum Gasteiger partial charge on any atom is 0.0826 e. The van der Waals surface area contributed by atoms with Crippen LogP contribution in [0.3, 0.4) is 0 Å². The third-order valence-corrected chi connectivity index (χ3v) is 2.85. The van der Waals surface area contributed by atoms with E-state index < -0.39 is 0 Å². The van der Waals surface area contributed by atoms with Gasteiger partial charge in [0, 0.05) is 0 Å². The Hall–Kier alpha value is -1.48. The van der Waals surface area contributed by atoms with Crippen LogP contribution in [0.4, 0.5) is 5.69 Å². The van der Waals surface area contributed by atoms with Crippen molar-refractivity contribution in [2.75, 3.05) is 5.73 Å². The van der Waals surface area contributed by atoms with Gasteiger partial charge in [-0.15, -0.1) is 12.4 Å². The average Bonchev–Trinajstić information content (AvgIpc) is 2.47. The molecule has 1 aromatic carbocycles. The lowest BCUT2D eigenvalue weighted by Gasteiger charge is -2.05. The van der Waals surface area contributed by atoms with Gasteiger partial charge in [0.15, 0.2) is 0 Å². The van der Waals surface area contributed by atoms with Crippen molar-refractivity contribution in [2.45, 2.75) is 27.3 Å². The fourth-order valence-electron chi connectivity index (χ4n) is 1.85. The van der Waals surface area contributed by atoms with Gasteiger partial charge in [-0.2, -0.15) is 5.10 Å². The smallest absolute Gasteiger partial charge is 0.0826 e. The molecule has 0 aliphatic heterocycles. The predicted octanol–water partition coefficient (Wildman–Crippen LogP) is 2.86. The summed E-state index contributed by atoms with van der Waals surface area (Å²) in [5.74, 6) is 0. The van der Waals surface area contributed by atoms with E-state index in [0.29, 0.717) is 0 Å². The van der Waals surface area contributed by atoms with Crippen molar-refractivity contribution in [2.24, 2.45) is 0 Å². The van der Waals surface area contributed by atoms with E-state index in [0.717, 1.165) is 23.6 Å². The Morgan fingerprint density at radius 2 is 1.94 bits per heavy atom. The van der Waals surface area contributed by atoms with E-state index in [2.05, 4.69) is 36.3 Å². The zero-order valence-corrected chi connectivity index (χ0v) is 11.2. The first-order chi connectivity index (χ1) is 7.58. The number of benzene rings is 1. The molecule has 2 N–H and O–H groups in total. The molecule has 0 amide bonds. The minimum absolute atomic E-state index is 0. The number of halogens is 1. The molecule has 0 radical (unpaired) electrons. The molecule has 0 aliphatic carbocycles. The molecule has 0 atom stereocenters. The zero-order chi connectivity index (χ0) is 11.7. The second-order valence-corrected chi connectivity index (χ2v) is 4.23. The molecule has 0 unspecified atom stereocenters. The fourth-order valence-corrected chi connectivity index (χ4v) is 1.85. The van der Waals surface area contributed by atoms with Crippen LogP contribution in [0.5, 0.6) is 0 Å². The molecule has 2 rings (SSSR count). The van der Waals surface area contributed by atoms with Gasteiger partial charge in [0.05, 0.1) is 23.6 Å². The van der Waals surface area contributed by atoms with Crippen molar-refractivity contribution in [1.29, 1.82) is 0 Å². The monoisotopic (exact) mass is 251 g/mol. The maximum atomic E-state index is 5.90. The lowest BCUT2D eigenvalue weighted by Crippen LogP contribution is -2.04. The highest BCUT2D eigenvalue weighted by Crippen LogP contribution is 2.16. The van der Waals surface area contributed by atoms with Gasteiger partial charge < -0.3 is 5.73 Å². The number of nitrogens with zero attached hydrogens (tertiary/aromatic N) is 2. The fraction of sp³-hybridized carbons (Fsp3) is 0.308. The normalized spacial score (nSPS) is 10.1. The molecule has 0 aliphatic rings. The van der Waals surface area contributed by atoms with Crippen molar-refractivity contribution >= 4 is 18.1 Å². The minimum Gasteiger partial charge on any atom is -0.396 e. The SMILES string of the molecule is Cc1cccc(Cn2nc(C)c(N)c2C)c1.Cl. The number of aromatic nitrogens is 2. The number of anilines is 1. The summed E-state index contributed by atoms with van der Waals surface area (Å²) in [7, 11) is 0. The van der Waals surface area contributed by atoms with Gasteiger partial charge in [-0.05, 0) is 26.3 Å². The van der Waals surface area contributed by atoms with E-state index in [1.54, 1.807) is 0 Å². The Kier molecular flexibility index (Phi) is 4.18. The molecule has 0 saturated carbocycles. The summed E-state index contributed by atoms with van der Waals surface area (Å²) in [6.07, 6.45) is 0. The summed E-state index contributed by atoms with van der Waals surface area (Å²) >= 11 is 0. The van der Waals surface area contributed by atoms with E-state index in [1.165, 1.54) is 11.1 Å². The highest BCUT2D eigenvalue weighted by atomic mass is 35.5. The van der Waals surface area contributed by atoms with Crippen LogP contribution in [0.25, 0.3) is 0 Å². The third-order valence-electron chi connectivity index (χ3n) is 2.85. The highest BCUT2D eigenvalue weighted by Gasteiger charge is 2.07. The number of nitrogen functional groups attached to an aromatic ring is 1. The lowest BCUT2D eigenvalue weighted by molar-refractivity contribution is 0.659. The predicted molar refractivity (Wildman–Crippen MR) is 73.6 cm³/mol. The highest BCUT2D eigenvalue weighted by molar-refractivity contribution is 5.85. The first-order valence-electron chi connectivity index (χ1n) is 5.43. The van der Waals surface area contributed by atoms with Crippen LogP contribution < -0.4 is 5.73 Å². The van der Waals surface area contributed by atoms with Crippen LogP contribution in [0, 0.1) is 20.8 Å². The first-order valence-corrected chi connectivity index (χ1v) is 5.43. The van der Waals surface area contributed by atoms with E-state index in [1.807, 2.05) is 18.5 Å². The summed E-state index contributed by atoms with van der Waals surface area (Å²) in [5, 5.41) is 4.43. The molecule has 2 aromatic rings. The summed E-state index contributed by atoms with van der Waals surface area (Å²) in [4.78, 5) is 0. The van der Waals surface area contributed by atoms with Gasteiger partial charge in [-0.25, -0.2) is 0 Å². The Morgan fingerprint density at radius 1 is 1.24 bits per heavy atom. The second-order valence-electron chi connectivity index (χ2n) is 4.23. The summed E-state index contributed by atoms with van der Waals surface area (Å²) in [6, 6.07) is 8.45. The summed E-state index contributed by atoms with van der Waals surface area (Å²) in [5.41, 5.74) is 11.2. The number of rotatable bonds is 2. The van der Waals surface area contributed by atoms with Gasteiger partial charge in [0.1, 0.15) is 0 Å². The van der Waals surface area contributed by atoms with Crippen LogP contribution in [-0.4, -0.2) is 9.78 Å². The maximum absolute atomic E-state index is 5.90. The summed E-state index contributed by atoms with van der Waals surface area (Å²) < 4.78 is 1.96. The largest absolute Gasteiger partial charge is 0.396 e. The molecule has 3 nitrogen and oxygen atoms in total. The van der Waals surface area contributed by atoms with Gasteiger partial charge >= 0.3 is 0 Å². The van der Waals surface area contributed by atoms with Gasteiger partial charge in [0.25, 0.3) is 0 Å². The number of aryl methyl sites for hydroxylation is 2. The van der Waals surface area contributed by atoms with Crippen molar-refractivity contribution in [3.8, 4) is 0 Å². The lowest BCUT2D eigenvalue weighted by atomic mass is 10.1. The molecule has 0 saturated heterocycles. The first kappa shape index (κ1) is 13.6. The van der Waals surface area contributed by atoms with Gasteiger partial charge in [0.2, 0.25) is 0 Å². The van der Waals surface area contributed by atoms with Crippen LogP contribution in [-0.2, 0) is 6.54 Å². The molecule has 1 heterocycles. The molecular weight excluding hydrogens is 234 g/mol. The summed E-state index contributed by atoms with van der Waals surface area (Å²) in [6.45, 7) is 6.82. The Labute approximate surface area is 108 Å². The number of nitrogens with two attached hydrogens (primary N) is 1. The van der Waals surface area contributed by atoms with Crippen LogP contribution >= 0.6 is 12.4 Å². The van der Waals surface area contributed by atoms with Crippen LogP contribution in [0.2, 0.25) is 0 Å². The van der Waals surface area contributed by atoms with E-state index in [-0.39, 0.29) is 12.4 Å². The van der Waals surface area contributed by atoms with E-state index >= 15 is 0 Å². The van der Waals surface area contributed by atoms with Crippen molar-refractivity contribution in [1.82, 2.24) is 9.78 Å². The molecule has 0 spiro atoms. The standard InChI is InChI=1S/C13H17N3.ClH/c1-9-5-4-6-12(7-9)8-16-11(3)13(14)10(2)15-16;/h4-7H,8,14H2,1-3H3;1H. The molecule has 1 aromatic heterocycles. The molecule has 4 heteroatoms. The Morgan fingerprint density at radius 3 is 2.47 bits per heavy atom. The Balaban J connectivity index is 0.00000144.